The highest BCUT2D eigenvalue weighted by atomic mass is 16.6. The fourth-order valence-electron chi connectivity index (χ4n) is 3.02. The van der Waals surface area contributed by atoms with Crippen LogP contribution in [-0.2, 0) is 16.1 Å². The molecule has 146 valence electrons. The molecule has 1 aliphatic heterocycles. The molecule has 1 fully saturated rings. The molecule has 1 heterocycles. The molecule has 0 atom stereocenters. The minimum atomic E-state index is -0.570. The lowest BCUT2D eigenvalue weighted by Crippen LogP contribution is -2.48. The van der Waals surface area contributed by atoms with E-state index in [9.17, 15) is 14.4 Å². The Morgan fingerprint density at radius 3 is 2.39 bits per heavy atom. The van der Waals surface area contributed by atoms with Gasteiger partial charge in [0.1, 0.15) is 6.61 Å². The molecule has 0 aromatic heterocycles. The number of nitrogens with zero attached hydrogens (tertiary/aromatic N) is 2. The fraction of sp³-hybridized carbons (Fsp3) is 0.286. The number of nitrogens with one attached hydrogen (secondary N) is 1. The molecule has 0 unspecified atom stereocenters. The third-order valence-electron chi connectivity index (χ3n) is 4.52. The van der Waals surface area contributed by atoms with Gasteiger partial charge in [0.25, 0.3) is 11.8 Å². The van der Waals surface area contributed by atoms with E-state index >= 15 is 0 Å². The van der Waals surface area contributed by atoms with Crippen molar-refractivity contribution in [1.29, 1.82) is 0 Å². The number of amides is 3. The lowest BCUT2D eigenvalue weighted by Gasteiger charge is -2.27. The van der Waals surface area contributed by atoms with Gasteiger partial charge >= 0.3 is 6.09 Å². The Labute approximate surface area is 163 Å². The first-order valence-electron chi connectivity index (χ1n) is 9.18. The highest BCUT2D eigenvalue weighted by Gasteiger charge is 2.31. The van der Waals surface area contributed by atoms with Crippen molar-refractivity contribution in [2.45, 2.75) is 20.0 Å². The van der Waals surface area contributed by atoms with E-state index < -0.39 is 6.09 Å². The van der Waals surface area contributed by atoms with E-state index in [1.807, 2.05) is 49.4 Å². The summed E-state index contributed by atoms with van der Waals surface area (Å²) >= 11 is 0. The SMILES string of the molecule is Cc1ccccc1C(=O)NCC(=O)N1CCCN1C(=O)OCc1ccccc1. The summed E-state index contributed by atoms with van der Waals surface area (Å²) in [5, 5.41) is 5.26. The van der Waals surface area contributed by atoms with Crippen molar-refractivity contribution < 1.29 is 19.1 Å². The first kappa shape index (κ1) is 19.4. The smallest absolute Gasteiger partial charge is 0.429 e. The predicted octanol–water partition coefficient (Wildman–Crippen LogP) is 2.51. The molecular formula is C21H23N3O4. The lowest BCUT2D eigenvalue weighted by atomic mass is 10.1. The van der Waals surface area contributed by atoms with Crippen molar-refractivity contribution in [2.75, 3.05) is 19.6 Å². The number of ether oxygens (including phenoxy) is 1. The second kappa shape index (κ2) is 9.03. The van der Waals surface area contributed by atoms with Gasteiger partial charge in [0.15, 0.2) is 0 Å². The van der Waals surface area contributed by atoms with Crippen LogP contribution in [0.1, 0.15) is 27.9 Å². The van der Waals surface area contributed by atoms with Crippen molar-refractivity contribution in [1.82, 2.24) is 15.3 Å². The summed E-state index contributed by atoms with van der Waals surface area (Å²) in [6.07, 6.45) is 0.0951. The van der Waals surface area contributed by atoms with E-state index in [-0.39, 0.29) is 25.0 Å². The molecule has 0 radical (unpaired) electrons. The van der Waals surface area contributed by atoms with Crippen LogP contribution in [0.3, 0.4) is 0 Å². The van der Waals surface area contributed by atoms with Gasteiger partial charge in [0.2, 0.25) is 0 Å². The van der Waals surface area contributed by atoms with Crippen LogP contribution >= 0.6 is 0 Å². The molecule has 3 amide bonds. The maximum atomic E-state index is 12.5. The van der Waals surface area contributed by atoms with Crippen LogP contribution < -0.4 is 5.32 Å². The highest BCUT2D eigenvalue weighted by molar-refractivity contribution is 5.97. The topological polar surface area (TPSA) is 79.0 Å². The number of benzene rings is 2. The van der Waals surface area contributed by atoms with Gasteiger partial charge in [-0.25, -0.2) is 14.8 Å². The molecule has 28 heavy (non-hydrogen) atoms. The van der Waals surface area contributed by atoms with Crippen molar-refractivity contribution in [3.05, 3.63) is 71.3 Å². The number of hydrazine groups is 1. The zero-order chi connectivity index (χ0) is 19.9. The number of carbonyl (C=O) groups excluding carboxylic acids is 3. The molecule has 3 rings (SSSR count). The van der Waals surface area contributed by atoms with Crippen LogP contribution in [0, 0.1) is 6.92 Å². The fourth-order valence-corrected chi connectivity index (χ4v) is 3.02. The minimum Gasteiger partial charge on any atom is -0.443 e. The average molecular weight is 381 g/mol. The normalized spacial score (nSPS) is 13.3. The summed E-state index contributed by atoms with van der Waals surface area (Å²) in [6.45, 7) is 2.62. The molecule has 7 heteroatoms. The average Bonchev–Trinajstić information content (AvgIpc) is 3.21. The lowest BCUT2D eigenvalue weighted by molar-refractivity contribution is -0.140. The zero-order valence-corrected chi connectivity index (χ0v) is 15.8. The zero-order valence-electron chi connectivity index (χ0n) is 15.8. The van der Waals surface area contributed by atoms with Gasteiger partial charge in [-0.2, -0.15) is 0 Å². The van der Waals surface area contributed by atoms with Gasteiger partial charge in [-0.05, 0) is 30.5 Å². The van der Waals surface area contributed by atoms with Gasteiger partial charge in [0, 0.05) is 18.7 Å². The number of hydrogen-bond donors (Lipinski definition) is 1. The van der Waals surface area contributed by atoms with Gasteiger partial charge in [-0.15, -0.1) is 0 Å². The largest absolute Gasteiger partial charge is 0.443 e. The van der Waals surface area contributed by atoms with Crippen LogP contribution in [-0.4, -0.2) is 47.6 Å². The quantitative estimate of drug-likeness (QED) is 0.863. The molecule has 0 aliphatic carbocycles. The Balaban J connectivity index is 1.53. The van der Waals surface area contributed by atoms with Gasteiger partial charge in [-0.3, -0.25) is 9.59 Å². The van der Waals surface area contributed by atoms with E-state index in [0.717, 1.165) is 11.1 Å². The third kappa shape index (κ3) is 4.68. The summed E-state index contributed by atoms with van der Waals surface area (Å²) in [5.74, 6) is -0.667. The summed E-state index contributed by atoms with van der Waals surface area (Å²) in [5.41, 5.74) is 2.23. The van der Waals surface area contributed by atoms with Gasteiger partial charge in [0.05, 0.1) is 6.54 Å². The highest BCUT2D eigenvalue weighted by Crippen LogP contribution is 2.14. The molecule has 2 aromatic rings. The van der Waals surface area contributed by atoms with Gasteiger partial charge < -0.3 is 10.1 Å². The molecule has 1 saturated heterocycles. The Morgan fingerprint density at radius 1 is 0.964 bits per heavy atom. The number of carbonyl (C=O) groups is 3. The van der Waals surface area contributed by atoms with Crippen molar-refractivity contribution in [3.8, 4) is 0 Å². The van der Waals surface area contributed by atoms with Crippen LogP contribution in [0.2, 0.25) is 0 Å². The Kier molecular flexibility index (Phi) is 6.26. The Morgan fingerprint density at radius 2 is 1.64 bits per heavy atom. The molecule has 1 aliphatic rings. The third-order valence-corrected chi connectivity index (χ3v) is 4.52. The summed E-state index contributed by atoms with van der Waals surface area (Å²) in [6, 6.07) is 16.5. The van der Waals surface area contributed by atoms with E-state index in [0.29, 0.717) is 25.1 Å². The first-order chi connectivity index (χ1) is 13.6. The maximum absolute atomic E-state index is 12.5. The van der Waals surface area contributed by atoms with E-state index in [4.69, 9.17) is 4.74 Å². The Bertz CT molecular complexity index is 854. The first-order valence-corrected chi connectivity index (χ1v) is 9.18. The number of aryl methyl sites for hydroxylation is 1. The standard InChI is InChI=1S/C21H23N3O4/c1-16-8-5-6-11-18(16)20(26)22-14-19(25)23-12-7-13-24(23)21(27)28-15-17-9-3-2-4-10-17/h2-6,8-11H,7,12-15H2,1H3,(H,22,26). The minimum absolute atomic E-state index is 0.141. The monoisotopic (exact) mass is 381 g/mol. The second-order valence-corrected chi connectivity index (χ2v) is 6.53. The molecule has 2 aromatic carbocycles. The second-order valence-electron chi connectivity index (χ2n) is 6.53. The number of rotatable bonds is 5. The van der Waals surface area contributed by atoms with Crippen molar-refractivity contribution >= 4 is 17.9 Å². The maximum Gasteiger partial charge on any atom is 0.429 e. The van der Waals surface area contributed by atoms with Crippen LogP contribution in [0.25, 0.3) is 0 Å². The van der Waals surface area contributed by atoms with Crippen molar-refractivity contribution in [3.63, 3.8) is 0 Å². The van der Waals surface area contributed by atoms with E-state index in [1.165, 1.54) is 10.0 Å². The summed E-state index contributed by atoms with van der Waals surface area (Å²) in [4.78, 5) is 37.1. The molecule has 0 saturated carbocycles. The number of hydrogen-bond acceptors (Lipinski definition) is 4. The molecular weight excluding hydrogens is 358 g/mol. The molecule has 1 N–H and O–H groups in total. The Hall–Kier alpha value is -3.35. The van der Waals surface area contributed by atoms with E-state index in [2.05, 4.69) is 5.32 Å². The summed E-state index contributed by atoms with van der Waals surface area (Å²) in [7, 11) is 0. The molecule has 0 spiro atoms. The molecule has 7 nitrogen and oxygen atoms in total. The predicted molar refractivity (Wildman–Crippen MR) is 103 cm³/mol. The van der Waals surface area contributed by atoms with Crippen LogP contribution in [0.15, 0.2) is 54.6 Å². The van der Waals surface area contributed by atoms with E-state index in [1.54, 1.807) is 12.1 Å². The van der Waals surface area contributed by atoms with Crippen molar-refractivity contribution in [2.24, 2.45) is 0 Å². The van der Waals surface area contributed by atoms with Gasteiger partial charge in [-0.1, -0.05) is 48.5 Å². The summed E-state index contributed by atoms with van der Waals surface area (Å²) < 4.78 is 5.31. The van der Waals surface area contributed by atoms with Crippen LogP contribution in [0.5, 0.6) is 0 Å². The molecule has 0 bridgehead atoms. The van der Waals surface area contributed by atoms with Crippen LogP contribution in [0.4, 0.5) is 4.79 Å².